The molecule has 180 valence electrons. The summed E-state index contributed by atoms with van der Waals surface area (Å²) in [6.07, 6.45) is 1.51. The zero-order valence-electron chi connectivity index (χ0n) is 19.3. The number of carbonyl (C=O) groups excluding carboxylic acids is 1. The Kier molecular flexibility index (Phi) is 8.96. The second-order valence-corrected chi connectivity index (χ2v) is 10.1. The monoisotopic (exact) mass is 500 g/mol. The Morgan fingerprint density at radius 2 is 1.74 bits per heavy atom. The van der Waals surface area contributed by atoms with Crippen molar-refractivity contribution in [2.75, 3.05) is 24.0 Å². The maximum atomic E-state index is 13.4. The van der Waals surface area contributed by atoms with Crippen molar-refractivity contribution in [2.45, 2.75) is 31.6 Å². The summed E-state index contributed by atoms with van der Waals surface area (Å²) in [5.74, 6) is 0.442. The largest absolute Gasteiger partial charge is 0.494 e. The van der Waals surface area contributed by atoms with Gasteiger partial charge in [-0.3, -0.25) is 9.10 Å². The molecule has 3 rings (SSSR count). The number of hydrogen-bond donors (Lipinski definition) is 1. The van der Waals surface area contributed by atoms with Crippen LogP contribution < -0.4 is 14.4 Å². The first-order valence-corrected chi connectivity index (χ1v) is 12.9. The minimum absolute atomic E-state index is 0.112. The smallest absolute Gasteiger partial charge is 0.264 e. The standard InChI is InChI=1S/C26H29ClN2O4S/c1-3-33-24-13-11-21(12-14-24)6-5-17-28-26(30)19-29(23-8-4-7-22(27)18-23)34(31,32)25-15-9-20(2)10-16-25/h4,7-16,18H,3,5-6,17,19H2,1-2H3,(H,28,30). The van der Waals surface area contributed by atoms with Crippen LogP contribution in [0.4, 0.5) is 5.69 Å². The number of nitrogens with one attached hydrogen (secondary N) is 1. The molecule has 1 N–H and O–H groups in total. The maximum absolute atomic E-state index is 13.4. The fourth-order valence-electron chi connectivity index (χ4n) is 3.41. The van der Waals surface area contributed by atoms with Crippen molar-refractivity contribution in [2.24, 2.45) is 0 Å². The lowest BCUT2D eigenvalue weighted by atomic mass is 10.1. The molecule has 0 fully saturated rings. The third-order valence-corrected chi connectivity index (χ3v) is 7.21. The topological polar surface area (TPSA) is 75.7 Å². The van der Waals surface area contributed by atoms with E-state index in [1.807, 2.05) is 38.1 Å². The molecule has 0 saturated heterocycles. The van der Waals surface area contributed by atoms with E-state index < -0.39 is 10.0 Å². The highest BCUT2D eigenvalue weighted by Gasteiger charge is 2.27. The summed E-state index contributed by atoms with van der Waals surface area (Å²) in [5.41, 5.74) is 2.41. The van der Waals surface area contributed by atoms with E-state index in [-0.39, 0.29) is 17.3 Å². The summed E-state index contributed by atoms with van der Waals surface area (Å²) in [7, 11) is -3.96. The van der Waals surface area contributed by atoms with Gasteiger partial charge in [0.2, 0.25) is 5.91 Å². The van der Waals surface area contributed by atoms with Crippen molar-refractivity contribution in [1.82, 2.24) is 5.32 Å². The number of hydrogen-bond acceptors (Lipinski definition) is 4. The van der Waals surface area contributed by atoms with Gasteiger partial charge in [-0.2, -0.15) is 0 Å². The Morgan fingerprint density at radius 1 is 1.03 bits per heavy atom. The second kappa shape index (κ2) is 11.9. The van der Waals surface area contributed by atoms with E-state index in [1.165, 1.54) is 18.2 Å². The van der Waals surface area contributed by atoms with Gasteiger partial charge in [-0.1, -0.05) is 47.5 Å². The molecule has 0 aliphatic carbocycles. The summed E-state index contributed by atoms with van der Waals surface area (Å²) < 4.78 is 33.3. The van der Waals surface area contributed by atoms with E-state index in [2.05, 4.69) is 5.32 Å². The van der Waals surface area contributed by atoms with Gasteiger partial charge in [-0.25, -0.2) is 8.42 Å². The molecule has 3 aromatic carbocycles. The Balaban J connectivity index is 1.65. The van der Waals surface area contributed by atoms with Crippen LogP contribution in [0.5, 0.6) is 5.75 Å². The van der Waals surface area contributed by atoms with Gasteiger partial charge in [0.05, 0.1) is 17.2 Å². The third-order valence-electron chi connectivity index (χ3n) is 5.19. The van der Waals surface area contributed by atoms with E-state index in [9.17, 15) is 13.2 Å². The van der Waals surface area contributed by atoms with Crippen molar-refractivity contribution >= 4 is 33.2 Å². The number of sulfonamides is 1. The molecule has 3 aromatic rings. The number of benzene rings is 3. The van der Waals surface area contributed by atoms with Crippen LogP contribution >= 0.6 is 11.6 Å². The molecule has 0 atom stereocenters. The number of ether oxygens (including phenoxy) is 1. The Bertz CT molecular complexity index is 1200. The molecule has 0 aromatic heterocycles. The van der Waals surface area contributed by atoms with Crippen molar-refractivity contribution < 1.29 is 17.9 Å². The quantitative estimate of drug-likeness (QED) is 0.376. The number of rotatable bonds is 11. The fraction of sp³-hybridized carbons (Fsp3) is 0.269. The van der Waals surface area contributed by atoms with Gasteiger partial charge < -0.3 is 10.1 Å². The number of amides is 1. The minimum atomic E-state index is -3.96. The third kappa shape index (κ3) is 6.98. The minimum Gasteiger partial charge on any atom is -0.494 e. The molecule has 0 aliphatic rings. The van der Waals surface area contributed by atoms with Crippen LogP contribution in [-0.2, 0) is 21.2 Å². The Hall–Kier alpha value is -3.03. The van der Waals surface area contributed by atoms with Crippen molar-refractivity contribution in [3.8, 4) is 5.75 Å². The number of halogens is 1. The highest BCUT2D eigenvalue weighted by molar-refractivity contribution is 7.92. The summed E-state index contributed by atoms with van der Waals surface area (Å²) in [6.45, 7) is 4.53. The van der Waals surface area contributed by atoms with Crippen LogP contribution in [0.15, 0.2) is 77.7 Å². The molecule has 0 saturated carbocycles. The molecule has 0 unspecified atom stereocenters. The molecule has 34 heavy (non-hydrogen) atoms. The van der Waals surface area contributed by atoms with E-state index in [0.717, 1.165) is 34.0 Å². The highest BCUT2D eigenvalue weighted by Crippen LogP contribution is 2.26. The van der Waals surface area contributed by atoms with Gasteiger partial charge in [0.15, 0.2) is 0 Å². The molecule has 0 aliphatic heterocycles. The lowest BCUT2D eigenvalue weighted by Gasteiger charge is -2.24. The molecular formula is C26H29ClN2O4S. The fourth-order valence-corrected chi connectivity index (χ4v) is 5.01. The van der Waals surface area contributed by atoms with Crippen molar-refractivity contribution in [1.29, 1.82) is 0 Å². The van der Waals surface area contributed by atoms with Crippen LogP contribution in [0, 0.1) is 6.92 Å². The number of aryl methyl sites for hydroxylation is 2. The van der Waals surface area contributed by atoms with Gasteiger partial charge in [0.25, 0.3) is 10.0 Å². The maximum Gasteiger partial charge on any atom is 0.264 e. The summed E-state index contributed by atoms with van der Waals surface area (Å²) in [4.78, 5) is 12.8. The molecule has 1 amide bonds. The lowest BCUT2D eigenvalue weighted by Crippen LogP contribution is -2.41. The molecule has 0 bridgehead atoms. The van der Waals surface area contributed by atoms with E-state index in [1.54, 1.807) is 30.3 Å². The summed E-state index contributed by atoms with van der Waals surface area (Å²) in [5, 5.41) is 3.22. The normalized spacial score (nSPS) is 11.1. The zero-order valence-corrected chi connectivity index (χ0v) is 20.9. The van der Waals surface area contributed by atoms with Gasteiger partial charge in [0.1, 0.15) is 12.3 Å². The van der Waals surface area contributed by atoms with E-state index in [4.69, 9.17) is 16.3 Å². The Morgan fingerprint density at radius 3 is 2.38 bits per heavy atom. The lowest BCUT2D eigenvalue weighted by molar-refractivity contribution is -0.119. The first-order chi connectivity index (χ1) is 16.3. The molecule has 0 heterocycles. The number of anilines is 1. The summed E-state index contributed by atoms with van der Waals surface area (Å²) >= 11 is 6.10. The van der Waals surface area contributed by atoms with Crippen molar-refractivity contribution in [3.63, 3.8) is 0 Å². The average molecular weight is 501 g/mol. The van der Waals surface area contributed by atoms with Gasteiger partial charge >= 0.3 is 0 Å². The predicted molar refractivity (Wildman–Crippen MR) is 136 cm³/mol. The van der Waals surface area contributed by atoms with Crippen LogP contribution in [0.2, 0.25) is 5.02 Å². The molecule has 6 nitrogen and oxygen atoms in total. The van der Waals surface area contributed by atoms with Crippen LogP contribution in [0.3, 0.4) is 0 Å². The van der Waals surface area contributed by atoms with Crippen LogP contribution in [0.25, 0.3) is 0 Å². The second-order valence-electron chi connectivity index (χ2n) is 7.84. The molecule has 0 spiro atoms. The SMILES string of the molecule is CCOc1ccc(CCCNC(=O)CN(c2cccc(Cl)c2)S(=O)(=O)c2ccc(C)cc2)cc1. The van der Waals surface area contributed by atoms with Gasteiger partial charge in [0, 0.05) is 11.6 Å². The average Bonchev–Trinajstić information content (AvgIpc) is 2.82. The zero-order chi connectivity index (χ0) is 24.6. The van der Waals surface area contributed by atoms with Gasteiger partial charge in [-0.05, 0) is 74.7 Å². The van der Waals surface area contributed by atoms with Gasteiger partial charge in [-0.15, -0.1) is 0 Å². The summed E-state index contributed by atoms with van der Waals surface area (Å²) in [6, 6.07) is 20.9. The molecular weight excluding hydrogens is 472 g/mol. The first kappa shape index (κ1) is 25.6. The highest BCUT2D eigenvalue weighted by atomic mass is 35.5. The predicted octanol–water partition coefficient (Wildman–Crippen LogP) is 4.99. The first-order valence-electron chi connectivity index (χ1n) is 11.1. The van der Waals surface area contributed by atoms with Crippen LogP contribution in [-0.4, -0.2) is 34.0 Å². The van der Waals surface area contributed by atoms with Crippen molar-refractivity contribution in [3.05, 3.63) is 88.9 Å². The van der Waals surface area contributed by atoms with E-state index >= 15 is 0 Å². The Labute approximate surface area is 206 Å². The number of carbonyl (C=O) groups is 1. The van der Waals surface area contributed by atoms with E-state index in [0.29, 0.717) is 23.9 Å². The number of nitrogens with zero attached hydrogens (tertiary/aromatic N) is 1. The van der Waals surface area contributed by atoms with Crippen LogP contribution in [0.1, 0.15) is 24.5 Å². The molecule has 0 radical (unpaired) electrons. The molecule has 8 heteroatoms.